The SMILES string of the molecule is CCOc1cc2occ(-c3ccccc3)c2cc1/C(C)=C/C(=O)Nc1cc(F)ccc1F. The van der Waals surface area contributed by atoms with E-state index in [4.69, 9.17) is 9.15 Å². The smallest absolute Gasteiger partial charge is 0.248 e. The third kappa shape index (κ3) is 4.39. The van der Waals surface area contributed by atoms with Gasteiger partial charge in [0, 0.05) is 34.7 Å². The number of nitrogens with one attached hydrogen (secondary N) is 1. The molecule has 0 atom stereocenters. The van der Waals surface area contributed by atoms with Gasteiger partial charge >= 0.3 is 0 Å². The Labute approximate surface area is 184 Å². The molecule has 0 saturated heterocycles. The van der Waals surface area contributed by atoms with Gasteiger partial charge in [0.25, 0.3) is 0 Å². The zero-order chi connectivity index (χ0) is 22.7. The van der Waals surface area contributed by atoms with Crippen LogP contribution < -0.4 is 10.1 Å². The lowest BCUT2D eigenvalue weighted by Gasteiger charge is -2.12. The number of hydrogen-bond acceptors (Lipinski definition) is 3. The van der Waals surface area contributed by atoms with Gasteiger partial charge in [-0.1, -0.05) is 30.3 Å². The standard InChI is InChI=1S/C26H21F2NO3/c1-3-31-24-14-25-20(21(15-32-25)17-7-5-4-6-8-17)13-19(24)16(2)11-26(30)29-23-12-18(27)9-10-22(23)28/h4-15H,3H2,1-2H3,(H,29,30)/b16-11+. The van der Waals surface area contributed by atoms with Gasteiger partial charge in [0.2, 0.25) is 5.91 Å². The van der Waals surface area contributed by atoms with Gasteiger partial charge in [0.05, 0.1) is 18.6 Å². The summed E-state index contributed by atoms with van der Waals surface area (Å²) in [6, 6.07) is 16.4. The second-order valence-corrected chi connectivity index (χ2v) is 7.23. The predicted octanol–water partition coefficient (Wildman–Crippen LogP) is 6.82. The van der Waals surface area contributed by atoms with Crippen LogP contribution in [-0.2, 0) is 4.79 Å². The number of anilines is 1. The van der Waals surface area contributed by atoms with E-state index in [-0.39, 0.29) is 5.69 Å². The molecule has 0 spiro atoms. The van der Waals surface area contributed by atoms with Crippen LogP contribution in [0.3, 0.4) is 0 Å². The molecule has 0 bridgehead atoms. The van der Waals surface area contributed by atoms with E-state index >= 15 is 0 Å². The molecule has 3 aromatic carbocycles. The highest BCUT2D eigenvalue weighted by Gasteiger charge is 2.15. The maximum Gasteiger partial charge on any atom is 0.248 e. The number of halogens is 2. The summed E-state index contributed by atoms with van der Waals surface area (Å²) in [6.45, 7) is 4.05. The van der Waals surface area contributed by atoms with E-state index in [9.17, 15) is 13.6 Å². The lowest BCUT2D eigenvalue weighted by Crippen LogP contribution is -2.10. The minimum absolute atomic E-state index is 0.222. The topological polar surface area (TPSA) is 51.5 Å². The highest BCUT2D eigenvalue weighted by Crippen LogP contribution is 2.37. The maximum absolute atomic E-state index is 13.9. The number of carbonyl (C=O) groups excluding carboxylic acids is 1. The average Bonchev–Trinajstić information content (AvgIpc) is 3.19. The van der Waals surface area contributed by atoms with Gasteiger partial charge in [-0.3, -0.25) is 4.79 Å². The first kappa shape index (κ1) is 21.3. The molecule has 4 rings (SSSR count). The first-order valence-corrected chi connectivity index (χ1v) is 10.1. The molecule has 32 heavy (non-hydrogen) atoms. The number of allylic oxidation sites excluding steroid dienone is 1. The fourth-order valence-corrected chi connectivity index (χ4v) is 3.52. The molecule has 0 saturated carbocycles. The fraction of sp³-hybridized carbons (Fsp3) is 0.115. The van der Waals surface area contributed by atoms with Gasteiger partial charge in [-0.2, -0.15) is 0 Å². The Morgan fingerprint density at radius 1 is 1.09 bits per heavy atom. The molecule has 0 aliphatic rings. The molecule has 4 nitrogen and oxygen atoms in total. The Morgan fingerprint density at radius 3 is 2.62 bits per heavy atom. The highest BCUT2D eigenvalue weighted by molar-refractivity contribution is 6.05. The van der Waals surface area contributed by atoms with Crippen molar-refractivity contribution in [3.63, 3.8) is 0 Å². The Balaban J connectivity index is 1.73. The Hall–Kier alpha value is -3.93. The van der Waals surface area contributed by atoms with Crippen LogP contribution in [0.5, 0.6) is 5.75 Å². The van der Waals surface area contributed by atoms with Crippen molar-refractivity contribution in [2.75, 3.05) is 11.9 Å². The van der Waals surface area contributed by atoms with Crippen LogP contribution in [0, 0.1) is 11.6 Å². The molecule has 0 fully saturated rings. The molecular formula is C26H21F2NO3. The highest BCUT2D eigenvalue weighted by atomic mass is 19.1. The Kier molecular flexibility index (Phi) is 6.03. The fourth-order valence-electron chi connectivity index (χ4n) is 3.52. The molecular weight excluding hydrogens is 412 g/mol. The summed E-state index contributed by atoms with van der Waals surface area (Å²) < 4.78 is 38.8. The van der Waals surface area contributed by atoms with Crippen molar-refractivity contribution in [1.29, 1.82) is 0 Å². The molecule has 1 aromatic heterocycles. The van der Waals surface area contributed by atoms with E-state index in [2.05, 4.69) is 5.32 Å². The van der Waals surface area contributed by atoms with Crippen molar-refractivity contribution >= 4 is 28.1 Å². The molecule has 0 unspecified atom stereocenters. The van der Waals surface area contributed by atoms with Gasteiger partial charge in [-0.25, -0.2) is 8.78 Å². The molecule has 0 radical (unpaired) electrons. The van der Waals surface area contributed by atoms with Crippen LogP contribution in [0.15, 0.2) is 77.4 Å². The second-order valence-electron chi connectivity index (χ2n) is 7.23. The number of carbonyl (C=O) groups is 1. The maximum atomic E-state index is 13.9. The van der Waals surface area contributed by atoms with Crippen LogP contribution in [0.1, 0.15) is 19.4 Å². The van der Waals surface area contributed by atoms with E-state index in [1.165, 1.54) is 6.08 Å². The molecule has 1 N–H and O–H groups in total. The minimum atomic E-state index is -0.715. The Morgan fingerprint density at radius 2 is 1.88 bits per heavy atom. The lowest BCUT2D eigenvalue weighted by molar-refractivity contribution is -0.111. The predicted molar refractivity (Wildman–Crippen MR) is 121 cm³/mol. The lowest BCUT2D eigenvalue weighted by atomic mass is 9.99. The van der Waals surface area contributed by atoms with Gasteiger partial charge in [-0.15, -0.1) is 0 Å². The average molecular weight is 433 g/mol. The molecule has 6 heteroatoms. The Bertz CT molecular complexity index is 1310. The summed E-state index contributed by atoms with van der Waals surface area (Å²) in [5.74, 6) is -1.37. The molecule has 162 valence electrons. The van der Waals surface area contributed by atoms with E-state index in [0.29, 0.717) is 29.1 Å². The minimum Gasteiger partial charge on any atom is -0.493 e. The van der Waals surface area contributed by atoms with Crippen LogP contribution in [0.4, 0.5) is 14.5 Å². The van der Waals surface area contributed by atoms with Crippen molar-refractivity contribution in [2.24, 2.45) is 0 Å². The normalized spacial score (nSPS) is 11.6. The summed E-state index contributed by atoms with van der Waals surface area (Å²) in [4.78, 5) is 12.5. The number of furan rings is 1. The third-order valence-electron chi connectivity index (χ3n) is 5.02. The third-order valence-corrected chi connectivity index (χ3v) is 5.02. The first-order valence-electron chi connectivity index (χ1n) is 10.1. The zero-order valence-electron chi connectivity index (χ0n) is 17.6. The van der Waals surface area contributed by atoms with E-state index < -0.39 is 17.5 Å². The zero-order valence-corrected chi connectivity index (χ0v) is 17.6. The van der Waals surface area contributed by atoms with Crippen LogP contribution in [0.2, 0.25) is 0 Å². The monoisotopic (exact) mass is 433 g/mol. The summed E-state index contributed by atoms with van der Waals surface area (Å²) in [7, 11) is 0. The van der Waals surface area contributed by atoms with Gasteiger partial charge in [-0.05, 0) is 43.2 Å². The summed E-state index contributed by atoms with van der Waals surface area (Å²) in [6.07, 6.45) is 3.02. The van der Waals surface area contributed by atoms with Crippen molar-refractivity contribution in [1.82, 2.24) is 0 Å². The molecule has 0 aliphatic heterocycles. The molecule has 4 aromatic rings. The van der Waals surface area contributed by atoms with Crippen LogP contribution in [0.25, 0.3) is 27.7 Å². The number of rotatable bonds is 6. The van der Waals surface area contributed by atoms with E-state index in [1.54, 1.807) is 19.3 Å². The van der Waals surface area contributed by atoms with Crippen molar-refractivity contribution in [2.45, 2.75) is 13.8 Å². The van der Waals surface area contributed by atoms with Crippen LogP contribution in [-0.4, -0.2) is 12.5 Å². The summed E-state index contributed by atoms with van der Waals surface area (Å²) in [5.41, 5.74) is 3.67. The summed E-state index contributed by atoms with van der Waals surface area (Å²) >= 11 is 0. The first-order chi connectivity index (χ1) is 15.5. The number of hydrogen-bond donors (Lipinski definition) is 1. The molecule has 0 aliphatic carbocycles. The van der Waals surface area contributed by atoms with Crippen molar-refractivity contribution in [3.05, 3.63) is 90.2 Å². The van der Waals surface area contributed by atoms with Gasteiger partial charge in [0.15, 0.2) is 0 Å². The van der Waals surface area contributed by atoms with E-state index in [0.717, 1.165) is 34.7 Å². The van der Waals surface area contributed by atoms with E-state index in [1.807, 2.05) is 43.3 Å². The van der Waals surface area contributed by atoms with Crippen LogP contribution >= 0.6 is 0 Å². The second kappa shape index (κ2) is 9.06. The molecule has 1 heterocycles. The van der Waals surface area contributed by atoms with Gasteiger partial charge < -0.3 is 14.5 Å². The van der Waals surface area contributed by atoms with Crippen molar-refractivity contribution < 1.29 is 22.7 Å². The van der Waals surface area contributed by atoms with Gasteiger partial charge in [0.1, 0.15) is 23.0 Å². The number of ether oxygens (including phenoxy) is 1. The quantitative estimate of drug-likeness (QED) is 0.340. The largest absolute Gasteiger partial charge is 0.493 e. The summed E-state index contributed by atoms with van der Waals surface area (Å²) in [5, 5.41) is 3.26. The number of benzene rings is 3. The number of amides is 1. The van der Waals surface area contributed by atoms with Crippen molar-refractivity contribution in [3.8, 4) is 16.9 Å². The molecule has 1 amide bonds. The number of fused-ring (bicyclic) bond motifs is 1.